The van der Waals surface area contributed by atoms with Crippen LogP contribution < -0.4 is 5.32 Å². The third-order valence-electron chi connectivity index (χ3n) is 4.50. The SMILES string of the molecule is C[C@]12CCC(=O)N1[C@@H](C(=O)OCC(=O)Nc1ccc([N+](=O)[O-])cc1Cl)CS2. The molecule has 0 spiro atoms. The lowest BCUT2D eigenvalue weighted by molar-refractivity contribution is -0.384. The molecule has 2 fully saturated rings. The van der Waals surface area contributed by atoms with Gasteiger partial charge in [-0.1, -0.05) is 11.6 Å². The fourth-order valence-electron chi connectivity index (χ4n) is 3.13. The second kappa shape index (κ2) is 7.35. The van der Waals surface area contributed by atoms with Crippen LogP contribution in [0.3, 0.4) is 0 Å². The second-order valence-electron chi connectivity index (χ2n) is 6.34. The van der Waals surface area contributed by atoms with Gasteiger partial charge in [-0.2, -0.15) is 0 Å². The molecule has 2 aliphatic rings. The zero-order chi connectivity index (χ0) is 19.8. The molecule has 27 heavy (non-hydrogen) atoms. The number of hydrogen-bond donors (Lipinski definition) is 1. The molecule has 144 valence electrons. The number of nitrogens with one attached hydrogen (secondary N) is 1. The lowest BCUT2D eigenvalue weighted by Gasteiger charge is -2.29. The van der Waals surface area contributed by atoms with E-state index in [2.05, 4.69) is 5.32 Å². The van der Waals surface area contributed by atoms with Crippen LogP contribution in [0, 0.1) is 10.1 Å². The third kappa shape index (κ3) is 3.86. The van der Waals surface area contributed by atoms with Crippen molar-refractivity contribution in [3.63, 3.8) is 0 Å². The van der Waals surface area contributed by atoms with Crippen molar-refractivity contribution in [3.8, 4) is 0 Å². The van der Waals surface area contributed by atoms with Gasteiger partial charge in [0, 0.05) is 24.3 Å². The van der Waals surface area contributed by atoms with Gasteiger partial charge in [0.25, 0.3) is 11.6 Å². The summed E-state index contributed by atoms with van der Waals surface area (Å²) in [6.07, 6.45) is 1.08. The fourth-order valence-corrected chi connectivity index (χ4v) is 4.77. The zero-order valence-corrected chi connectivity index (χ0v) is 15.8. The number of halogens is 1. The Labute approximate surface area is 163 Å². The average molecular weight is 414 g/mol. The van der Waals surface area contributed by atoms with Crippen LogP contribution in [0.5, 0.6) is 0 Å². The first-order valence-corrected chi connectivity index (χ1v) is 9.44. The van der Waals surface area contributed by atoms with Crippen molar-refractivity contribution >= 4 is 52.5 Å². The number of fused-ring (bicyclic) bond motifs is 1. The first kappa shape index (κ1) is 19.4. The highest BCUT2D eigenvalue weighted by Gasteiger charge is 2.53. The van der Waals surface area contributed by atoms with E-state index in [0.717, 1.165) is 6.07 Å². The summed E-state index contributed by atoms with van der Waals surface area (Å²) in [5, 5.41) is 13.1. The molecule has 0 aromatic heterocycles. The van der Waals surface area contributed by atoms with E-state index in [9.17, 15) is 24.5 Å². The molecule has 9 nitrogen and oxygen atoms in total. The number of nitro groups is 1. The Morgan fingerprint density at radius 1 is 1.52 bits per heavy atom. The summed E-state index contributed by atoms with van der Waals surface area (Å²) < 4.78 is 5.05. The predicted molar refractivity (Wildman–Crippen MR) is 98.4 cm³/mol. The van der Waals surface area contributed by atoms with Crippen LogP contribution in [0.15, 0.2) is 18.2 Å². The Kier molecular flexibility index (Phi) is 5.29. The van der Waals surface area contributed by atoms with Gasteiger partial charge in [0.05, 0.1) is 20.5 Å². The maximum absolute atomic E-state index is 12.3. The molecule has 2 saturated heterocycles. The van der Waals surface area contributed by atoms with Crippen LogP contribution >= 0.6 is 23.4 Å². The Morgan fingerprint density at radius 3 is 2.93 bits per heavy atom. The topological polar surface area (TPSA) is 119 Å². The Bertz CT molecular complexity index is 834. The number of anilines is 1. The van der Waals surface area contributed by atoms with Crippen LogP contribution in [0.1, 0.15) is 19.8 Å². The van der Waals surface area contributed by atoms with Crippen LogP contribution in [0.25, 0.3) is 0 Å². The maximum atomic E-state index is 12.3. The summed E-state index contributed by atoms with van der Waals surface area (Å²) in [5.41, 5.74) is -0.0384. The van der Waals surface area contributed by atoms with Crippen LogP contribution in [-0.2, 0) is 19.1 Å². The van der Waals surface area contributed by atoms with Crippen molar-refractivity contribution in [1.29, 1.82) is 0 Å². The van der Waals surface area contributed by atoms with E-state index < -0.39 is 34.3 Å². The number of carbonyl (C=O) groups excluding carboxylic acids is 3. The van der Waals surface area contributed by atoms with E-state index in [4.69, 9.17) is 16.3 Å². The molecule has 2 aliphatic heterocycles. The second-order valence-corrected chi connectivity index (χ2v) is 8.25. The van der Waals surface area contributed by atoms with E-state index in [1.165, 1.54) is 23.9 Å². The van der Waals surface area contributed by atoms with Crippen molar-refractivity contribution in [2.45, 2.75) is 30.7 Å². The number of nitrogens with zero attached hydrogens (tertiary/aromatic N) is 2. The van der Waals surface area contributed by atoms with Gasteiger partial charge in [-0.15, -0.1) is 11.8 Å². The van der Waals surface area contributed by atoms with Gasteiger partial charge in [0.2, 0.25) is 5.91 Å². The van der Waals surface area contributed by atoms with Crippen molar-refractivity contribution < 1.29 is 24.0 Å². The number of hydrogen-bond acceptors (Lipinski definition) is 7. The smallest absolute Gasteiger partial charge is 0.330 e. The number of esters is 1. The highest BCUT2D eigenvalue weighted by atomic mass is 35.5. The molecule has 0 unspecified atom stereocenters. The molecule has 0 radical (unpaired) electrons. The summed E-state index contributed by atoms with van der Waals surface area (Å²) in [7, 11) is 0. The zero-order valence-electron chi connectivity index (χ0n) is 14.3. The van der Waals surface area contributed by atoms with E-state index in [1.807, 2.05) is 6.92 Å². The Morgan fingerprint density at radius 2 is 2.26 bits per heavy atom. The largest absolute Gasteiger partial charge is 0.454 e. The number of ether oxygens (including phenoxy) is 1. The van der Waals surface area contributed by atoms with Gasteiger partial charge in [-0.25, -0.2) is 4.79 Å². The van der Waals surface area contributed by atoms with E-state index in [0.29, 0.717) is 18.6 Å². The number of nitro benzene ring substituents is 1. The van der Waals surface area contributed by atoms with Gasteiger partial charge < -0.3 is 15.0 Å². The first-order chi connectivity index (χ1) is 12.7. The molecule has 0 saturated carbocycles. The number of rotatable bonds is 5. The van der Waals surface area contributed by atoms with Crippen molar-refractivity contribution in [2.24, 2.45) is 0 Å². The maximum Gasteiger partial charge on any atom is 0.330 e. The summed E-state index contributed by atoms with van der Waals surface area (Å²) in [5.74, 6) is -0.935. The minimum absolute atomic E-state index is 0.00509. The molecule has 11 heteroatoms. The van der Waals surface area contributed by atoms with Crippen LogP contribution in [0.2, 0.25) is 5.02 Å². The van der Waals surface area contributed by atoms with Crippen LogP contribution in [0.4, 0.5) is 11.4 Å². The highest BCUT2D eigenvalue weighted by molar-refractivity contribution is 8.01. The monoisotopic (exact) mass is 413 g/mol. The lowest BCUT2D eigenvalue weighted by atomic mass is 10.2. The Hall–Kier alpha value is -2.33. The standard InChI is InChI=1S/C16H16ClN3O6S/c1-16-5-4-14(22)19(16)12(8-27-16)15(23)26-7-13(21)18-11-3-2-9(20(24)25)6-10(11)17/h2-3,6,12H,4-5,7-8H2,1H3,(H,18,21)/t12-,16+/m1/s1. The summed E-state index contributed by atoms with van der Waals surface area (Å²) in [4.78, 5) is 47.6. The number of non-ortho nitro benzene ring substituents is 1. The van der Waals surface area contributed by atoms with Gasteiger partial charge in [0.1, 0.15) is 6.04 Å². The molecule has 0 aliphatic carbocycles. The molecule has 1 aromatic rings. The van der Waals surface area contributed by atoms with E-state index in [-0.39, 0.29) is 22.3 Å². The summed E-state index contributed by atoms with van der Waals surface area (Å²) >= 11 is 7.43. The summed E-state index contributed by atoms with van der Waals surface area (Å²) in [6.45, 7) is 1.37. The molecule has 2 heterocycles. The molecule has 1 N–H and O–H groups in total. The molecular formula is C16H16ClN3O6S. The van der Waals surface area contributed by atoms with E-state index in [1.54, 1.807) is 4.90 Å². The molecule has 0 bridgehead atoms. The lowest BCUT2D eigenvalue weighted by Crippen LogP contribution is -2.47. The van der Waals surface area contributed by atoms with Crippen LogP contribution in [-0.4, -0.2) is 50.9 Å². The van der Waals surface area contributed by atoms with Gasteiger partial charge in [-0.05, 0) is 19.4 Å². The Balaban J connectivity index is 1.56. The fraction of sp³-hybridized carbons (Fsp3) is 0.438. The number of amides is 2. The molecule has 2 atom stereocenters. The minimum Gasteiger partial charge on any atom is -0.454 e. The van der Waals surface area contributed by atoms with E-state index >= 15 is 0 Å². The van der Waals surface area contributed by atoms with Gasteiger partial charge >= 0.3 is 5.97 Å². The number of carbonyl (C=O) groups is 3. The highest BCUT2D eigenvalue weighted by Crippen LogP contribution is 2.47. The molecule has 3 rings (SSSR count). The third-order valence-corrected chi connectivity index (χ3v) is 6.32. The number of thioether (sulfide) groups is 1. The molecule has 2 amide bonds. The normalized spacial score (nSPS) is 23.9. The van der Waals surface area contributed by atoms with Crippen molar-refractivity contribution in [1.82, 2.24) is 4.90 Å². The molecule has 1 aromatic carbocycles. The number of benzene rings is 1. The first-order valence-electron chi connectivity index (χ1n) is 8.08. The summed E-state index contributed by atoms with van der Waals surface area (Å²) in [6, 6.07) is 2.90. The predicted octanol–water partition coefficient (Wildman–Crippen LogP) is 2.18. The van der Waals surface area contributed by atoms with Gasteiger partial charge in [-0.3, -0.25) is 19.7 Å². The van der Waals surface area contributed by atoms with Crippen molar-refractivity contribution in [3.05, 3.63) is 33.3 Å². The quantitative estimate of drug-likeness (QED) is 0.446. The molecular weight excluding hydrogens is 398 g/mol. The van der Waals surface area contributed by atoms with Gasteiger partial charge in [0.15, 0.2) is 6.61 Å². The average Bonchev–Trinajstić information content (AvgIpc) is 3.10. The minimum atomic E-state index is -0.703. The van der Waals surface area contributed by atoms with Crippen molar-refractivity contribution in [2.75, 3.05) is 17.7 Å².